The number of benzene rings is 1. The molecule has 0 fully saturated rings. The van der Waals surface area contributed by atoms with Gasteiger partial charge in [0.25, 0.3) is 0 Å². The molecular formula is C10H14N4. The average molecular weight is 190 g/mol. The van der Waals surface area contributed by atoms with Crippen LogP contribution in [0.15, 0.2) is 23.3 Å². The molecule has 0 spiro atoms. The molecule has 4 nitrogen and oxygen atoms in total. The second kappa shape index (κ2) is 4.53. The number of hydrogen-bond acceptors (Lipinski definition) is 2. The molecule has 14 heavy (non-hydrogen) atoms. The topological polar surface area (TPSA) is 60.8 Å². The molecule has 0 atom stereocenters. The highest BCUT2D eigenvalue weighted by molar-refractivity contribution is 5.69. The second-order valence-electron chi connectivity index (χ2n) is 3.46. The summed E-state index contributed by atoms with van der Waals surface area (Å²) < 4.78 is 0. The van der Waals surface area contributed by atoms with Gasteiger partial charge in [-0.3, -0.25) is 0 Å². The summed E-state index contributed by atoms with van der Waals surface area (Å²) >= 11 is 0. The molecule has 0 aliphatic heterocycles. The van der Waals surface area contributed by atoms with Gasteiger partial charge in [0.1, 0.15) is 0 Å². The smallest absolute Gasteiger partial charge is 0.0609 e. The van der Waals surface area contributed by atoms with Gasteiger partial charge in [0.15, 0.2) is 0 Å². The van der Waals surface area contributed by atoms with Crippen LogP contribution in [0.1, 0.15) is 19.4 Å². The van der Waals surface area contributed by atoms with Crippen molar-refractivity contribution in [2.45, 2.75) is 26.8 Å². The SMILES string of the molecule is Cc1cccc(N=[N+]=[N-])c1NC(C)C. The number of hydrogen-bond donors (Lipinski definition) is 1. The molecule has 0 heterocycles. The zero-order valence-corrected chi connectivity index (χ0v) is 8.65. The maximum Gasteiger partial charge on any atom is 0.0609 e. The van der Waals surface area contributed by atoms with E-state index in [2.05, 4.69) is 15.3 Å². The van der Waals surface area contributed by atoms with Crippen molar-refractivity contribution in [2.75, 3.05) is 5.32 Å². The zero-order valence-electron chi connectivity index (χ0n) is 8.65. The molecule has 4 heteroatoms. The van der Waals surface area contributed by atoms with Gasteiger partial charge >= 0.3 is 0 Å². The van der Waals surface area contributed by atoms with Crippen molar-refractivity contribution in [1.29, 1.82) is 0 Å². The lowest BCUT2D eigenvalue weighted by Gasteiger charge is -2.14. The first-order chi connectivity index (χ1) is 6.65. The van der Waals surface area contributed by atoms with Gasteiger partial charge in [-0.15, -0.1) is 0 Å². The standard InChI is InChI=1S/C10H14N4/c1-7(2)12-10-8(3)5-4-6-9(10)13-14-11/h4-7,12H,1-3H3. The normalized spacial score (nSPS) is 9.71. The molecule has 0 amide bonds. The minimum atomic E-state index is 0.323. The number of aryl methyl sites for hydroxylation is 1. The Morgan fingerprint density at radius 3 is 2.71 bits per heavy atom. The van der Waals surface area contributed by atoms with Crippen molar-refractivity contribution in [2.24, 2.45) is 5.11 Å². The van der Waals surface area contributed by atoms with Crippen LogP contribution in [-0.2, 0) is 0 Å². The summed E-state index contributed by atoms with van der Waals surface area (Å²) in [5.74, 6) is 0. The Morgan fingerprint density at radius 2 is 2.14 bits per heavy atom. The number of para-hydroxylation sites is 1. The lowest BCUT2D eigenvalue weighted by Crippen LogP contribution is -2.10. The van der Waals surface area contributed by atoms with E-state index in [-0.39, 0.29) is 0 Å². The molecule has 1 aromatic carbocycles. The molecule has 0 aliphatic carbocycles. The van der Waals surface area contributed by atoms with Gasteiger partial charge in [-0.1, -0.05) is 23.3 Å². The minimum Gasteiger partial charge on any atom is -0.382 e. The lowest BCUT2D eigenvalue weighted by molar-refractivity contribution is 0.897. The Kier molecular flexibility index (Phi) is 3.37. The van der Waals surface area contributed by atoms with Crippen LogP contribution < -0.4 is 5.32 Å². The fourth-order valence-electron chi connectivity index (χ4n) is 1.26. The van der Waals surface area contributed by atoms with Crippen LogP contribution in [0.25, 0.3) is 10.4 Å². The molecule has 1 N–H and O–H groups in total. The van der Waals surface area contributed by atoms with Crippen LogP contribution in [0.2, 0.25) is 0 Å². The number of azide groups is 1. The summed E-state index contributed by atoms with van der Waals surface area (Å²) in [5.41, 5.74) is 11.1. The lowest BCUT2D eigenvalue weighted by atomic mass is 10.1. The summed E-state index contributed by atoms with van der Waals surface area (Å²) in [6.07, 6.45) is 0. The molecular weight excluding hydrogens is 176 g/mol. The summed E-state index contributed by atoms with van der Waals surface area (Å²) in [6.45, 7) is 6.08. The van der Waals surface area contributed by atoms with Gasteiger partial charge in [-0.25, -0.2) is 0 Å². The largest absolute Gasteiger partial charge is 0.382 e. The third-order valence-corrected chi connectivity index (χ3v) is 1.84. The van der Waals surface area contributed by atoms with Gasteiger partial charge in [0, 0.05) is 16.6 Å². The van der Waals surface area contributed by atoms with Crippen molar-refractivity contribution < 1.29 is 0 Å². The molecule has 1 aromatic rings. The molecule has 0 unspecified atom stereocenters. The van der Waals surface area contributed by atoms with Crippen LogP contribution in [0.3, 0.4) is 0 Å². The minimum absolute atomic E-state index is 0.323. The molecule has 0 aliphatic rings. The van der Waals surface area contributed by atoms with Gasteiger partial charge in [-0.2, -0.15) is 0 Å². The maximum atomic E-state index is 8.40. The Balaban J connectivity index is 3.14. The van der Waals surface area contributed by atoms with E-state index < -0.39 is 0 Å². The first kappa shape index (κ1) is 10.4. The number of nitrogens with zero attached hydrogens (tertiary/aromatic N) is 3. The average Bonchev–Trinajstić information content (AvgIpc) is 2.11. The third kappa shape index (κ3) is 2.41. The van der Waals surface area contributed by atoms with E-state index in [0.717, 1.165) is 11.3 Å². The van der Waals surface area contributed by atoms with E-state index >= 15 is 0 Å². The van der Waals surface area contributed by atoms with Crippen LogP contribution in [0.4, 0.5) is 11.4 Å². The first-order valence-electron chi connectivity index (χ1n) is 4.56. The molecule has 0 saturated heterocycles. The molecule has 0 radical (unpaired) electrons. The third-order valence-electron chi connectivity index (χ3n) is 1.84. The predicted octanol–water partition coefficient (Wildman–Crippen LogP) is 3.76. The fraction of sp³-hybridized carbons (Fsp3) is 0.400. The van der Waals surface area contributed by atoms with Crippen molar-refractivity contribution in [1.82, 2.24) is 0 Å². The zero-order chi connectivity index (χ0) is 10.6. The highest BCUT2D eigenvalue weighted by atomic mass is 15.1. The quantitative estimate of drug-likeness (QED) is 0.440. The second-order valence-corrected chi connectivity index (χ2v) is 3.46. The molecule has 1 rings (SSSR count). The summed E-state index contributed by atoms with van der Waals surface area (Å²) in [4.78, 5) is 2.80. The van der Waals surface area contributed by atoms with E-state index in [9.17, 15) is 0 Å². The Hall–Kier alpha value is -1.67. The summed E-state index contributed by atoms with van der Waals surface area (Å²) in [5, 5.41) is 6.90. The number of nitrogens with one attached hydrogen (secondary N) is 1. The molecule has 74 valence electrons. The van der Waals surface area contributed by atoms with Crippen LogP contribution in [-0.4, -0.2) is 6.04 Å². The number of anilines is 1. The van der Waals surface area contributed by atoms with Crippen molar-refractivity contribution >= 4 is 11.4 Å². The van der Waals surface area contributed by atoms with E-state index in [1.54, 1.807) is 6.07 Å². The van der Waals surface area contributed by atoms with E-state index in [4.69, 9.17) is 5.53 Å². The van der Waals surface area contributed by atoms with E-state index in [1.165, 1.54) is 0 Å². The maximum absolute atomic E-state index is 8.40. The monoisotopic (exact) mass is 190 g/mol. The first-order valence-corrected chi connectivity index (χ1v) is 4.56. The molecule has 0 saturated carbocycles. The number of rotatable bonds is 3. The summed E-state index contributed by atoms with van der Waals surface area (Å²) in [7, 11) is 0. The highest BCUT2D eigenvalue weighted by Gasteiger charge is 2.04. The van der Waals surface area contributed by atoms with E-state index in [1.807, 2.05) is 32.9 Å². The molecule has 0 bridgehead atoms. The van der Waals surface area contributed by atoms with Gasteiger partial charge in [-0.05, 0) is 31.9 Å². The van der Waals surface area contributed by atoms with Crippen molar-refractivity contribution in [3.8, 4) is 0 Å². The summed E-state index contributed by atoms with van der Waals surface area (Å²) in [6, 6.07) is 5.99. The van der Waals surface area contributed by atoms with E-state index in [0.29, 0.717) is 11.7 Å². The Morgan fingerprint density at radius 1 is 1.43 bits per heavy atom. The van der Waals surface area contributed by atoms with Crippen LogP contribution in [0.5, 0.6) is 0 Å². The van der Waals surface area contributed by atoms with Gasteiger partial charge in [0.05, 0.1) is 5.69 Å². The van der Waals surface area contributed by atoms with Crippen molar-refractivity contribution in [3.63, 3.8) is 0 Å². The fourth-order valence-corrected chi connectivity index (χ4v) is 1.26. The van der Waals surface area contributed by atoms with Crippen LogP contribution >= 0.6 is 0 Å². The van der Waals surface area contributed by atoms with Gasteiger partial charge in [0.2, 0.25) is 0 Å². The van der Waals surface area contributed by atoms with Gasteiger partial charge < -0.3 is 5.32 Å². The van der Waals surface area contributed by atoms with Crippen LogP contribution in [0, 0.1) is 6.92 Å². The predicted molar refractivity (Wildman–Crippen MR) is 58.7 cm³/mol. The molecule has 0 aromatic heterocycles. The Labute approximate surface area is 83.6 Å². The van der Waals surface area contributed by atoms with Crippen molar-refractivity contribution in [3.05, 3.63) is 34.2 Å². The highest BCUT2D eigenvalue weighted by Crippen LogP contribution is 2.28. The Bertz CT molecular complexity index is 364.